The number of carbonyl (C=O) groups is 1. The van der Waals surface area contributed by atoms with Gasteiger partial charge in [0, 0.05) is 48.6 Å². The SMILES string of the molecule is Cc1sc2ncc(C(=O)N3CCN(c4cccc(C(F)(F)F)c4)CC3)c(=O)n2c1C. The van der Waals surface area contributed by atoms with Crippen molar-refractivity contribution in [1.82, 2.24) is 14.3 Å². The number of alkyl halides is 3. The van der Waals surface area contributed by atoms with Crippen LogP contribution in [0.2, 0.25) is 0 Å². The zero-order chi connectivity index (χ0) is 21.6. The molecule has 0 saturated carbocycles. The summed E-state index contributed by atoms with van der Waals surface area (Å²) in [5.41, 5.74) is 0.126. The minimum absolute atomic E-state index is 0.000851. The first-order valence-corrected chi connectivity index (χ1v) is 10.2. The van der Waals surface area contributed by atoms with Crippen molar-refractivity contribution in [3.8, 4) is 0 Å². The number of nitrogens with zero attached hydrogens (tertiary/aromatic N) is 4. The number of hydrogen-bond acceptors (Lipinski definition) is 5. The molecule has 0 atom stereocenters. The molecule has 2 aromatic heterocycles. The topological polar surface area (TPSA) is 57.9 Å². The van der Waals surface area contributed by atoms with Crippen molar-refractivity contribution >= 4 is 27.9 Å². The molecular formula is C20H19F3N4O2S. The lowest BCUT2D eigenvalue weighted by Crippen LogP contribution is -2.49. The molecule has 0 bridgehead atoms. The number of anilines is 1. The van der Waals surface area contributed by atoms with Crippen molar-refractivity contribution < 1.29 is 18.0 Å². The van der Waals surface area contributed by atoms with Crippen LogP contribution in [0.4, 0.5) is 18.9 Å². The van der Waals surface area contributed by atoms with E-state index in [1.54, 1.807) is 15.9 Å². The highest BCUT2D eigenvalue weighted by Crippen LogP contribution is 2.32. The van der Waals surface area contributed by atoms with Crippen LogP contribution in [0.5, 0.6) is 0 Å². The molecule has 0 N–H and O–H groups in total. The number of piperazine rings is 1. The summed E-state index contributed by atoms with van der Waals surface area (Å²) in [5, 5.41) is 0. The van der Waals surface area contributed by atoms with E-state index in [0.29, 0.717) is 36.8 Å². The van der Waals surface area contributed by atoms with Crippen molar-refractivity contribution in [2.45, 2.75) is 20.0 Å². The monoisotopic (exact) mass is 436 g/mol. The molecule has 6 nitrogen and oxygen atoms in total. The second-order valence-corrected chi connectivity index (χ2v) is 8.35. The third-order valence-electron chi connectivity index (χ3n) is 5.35. The molecule has 10 heteroatoms. The highest BCUT2D eigenvalue weighted by atomic mass is 32.1. The average Bonchev–Trinajstić information content (AvgIpc) is 3.02. The van der Waals surface area contributed by atoms with Gasteiger partial charge < -0.3 is 9.80 Å². The second kappa shape index (κ2) is 7.42. The van der Waals surface area contributed by atoms with Gasteiger partial charge in [-0.05, 0) is 32.0 Å². The predicted octanol–water partition coefficient (Wildman–Crippen LogP) is 3.35. The Hall–Kier alpha value is -2.88. The summed E-state index contributed by atoms with van der Waals surface area (Å²) in [6.45, 7) is 5.06. The molecule has 1 fully saturated rings. The lowest BCUT2D eigenvalue weighted by Gasteiger charge is -2.36. The van der Waals surface area contributed by atoms with Crippen molar-refractivity contribution in [2.75, 3.05) is 31.1 Å². The van der Waals surface area contributed by atoms with Gasteiger partial charge in [0.15, 0.2) is 4.96 Å². The van der Waals surface area contributed by atoms with Crippen LogP contribution in [0, 0.1) is 13.8 Å². The van der Waals surface area contributed by atoms with Gasteiger partial charge in [-0.25, -0.2) is 4.98 Å². The van der Waals surface area contributed by atoms with E-state index in [1.807, 2.05) is 13.8 Å². The molecule has 4 rings (SSSR count). The Morgan fingerprint density at radius 3 is 2.50 bits per heavy atom. The van der Waals surface area contributed by atoms with E-state index in [0.717, 1.165) is 22.7 Å². The standard InChI is InChI=1S/C20H19F3N4O2S/c1-12-13(2)30-19-24-11-16(18(29)27(12)19)17(28)26-8-6-25(7-9-26)15-5-3-4-14(10-15)20(21,22)23/h3-5,10-11H,6-9H2,1-2H3. The van der Waals surface area contributed by atoms with E-state index >= 15 is 0 Å². The number of carbonyl (C=O) groups excluding carboxylic acids is 1. The third kappa shape index (κ3) is 3.55. The highest BCUT2D eigenvalue weighted by molar-refractivity contribution is 7.17. The number of fused-ring (bicyclic) bond motifs is 1. The molecule has 0 radical (unpaired) electrons. The summed E-state index contributed by atoms with van der Waals surface area (Å²) < 4.78 is 40.3. The first-order chi connectivity index (χ1) is 14.2. The maximum atomic E-state index is 13.0. The van der Waals surface area contributed by atoms with Crippen LogP contribution in [0.3, 0.4) is 0 Å². The zero-order valence-electron chi connectivity index (χ0n) is 16.4. The average molecular weight is 436 g/mol. The molecule has 0 spiro atoms. The van der Waals surface area contributed by atoms with Crippen LogP contribution in [-0.2, 0) is 6.18 Å². The number of aryl methyl sites for hydroxylation is 2. The number of amides is 1. The third-order valence-corrected chi connectivity index (χ3v) is 6.43. The maximum absolute atomic E-state index is 13.0. The van der Waals surface area contributed by atoms with Crippen LogP contribution in [-0.4, -0.2) is 46.4 Å². The summed E-state index contributed by atoms with van der Waals surface area (Å²) in [6, 6.07) is 5.15. The number of thiazole rings is 1. The van der Waals surface area contributed by atoms with Gasteiger partial charge in [0.2, 0.25) is 0 Å². The Bertz CT molecular complexity index is 1180. The Kier molecular flexibility index (Phi) is 5.05. The highest BCUT2D eigenvalue weighted by Gasteiger charge is 2.31. The summed E-state index contributed by atoms with van der Waals surface area (Å²) in [5.74, 6) is -0.408. The van der Waals surface area contributed by atoms with Crippen LogP contribution in [0.15, 0.2) is 35.3 Å². The number of aromatic nitrogens is 2. The zero-order valence-corrected chi connectivity index (χ0v) is 17.2. The van der Waals surface area contributed by atoms with Crippen molar-refractivity contribution in [3.05, 3.63) is 62.5 Å². The quantitative estimate of drug-likeness (QED) is 0.618. The van der Waals surface area contributed by atoms with Gasteiger partial charge in [-0.2, -0.15) is 13.2 Å². The predicted molar refractivity (Wildman–Crippen MR) is 108 cm³/mol. The minimum atomic E-state index is -4.40. The number of halogens is 3. The molecule has 0 aliphatic carbocycles. The van der Waals surface area contributed by atoms with Gasteiger partial charge >= 0.3 is 6.18 Å². The molecule has 1 aliphatic rings. The van der Waals surface area contributed by atoms with Crippen molar-refractivity contribution in [3.63, 3.8) is 0 Å². The van der Waals surface area contributed by atoms with E-state index < -0.39 is 23.2 Å². The van der Waals surface area contributed by atoms with E-state index in [9.17, 15) is 22.8 Å². The van der Waals surface area contributed by atoms with E-state index in [-0.39, 0.29) is 5.56 Å². The van der Waals surface area contributed by atoms with Gasteiger partial charge in [0.25, 0.3) is 11.5 Å². The molecule has 1 saturated heterocycles. The lowest BCUT2D eigenvalue weighted by molar-refractivity contribution is -0.137. The molecule has 30 heavy (non-hydrogen) atoms. The fourth-order valence-corrected chi connectivity index (χ4v) is 4.47. The molecule has 1 aliphatic heterocycles. The Labute approximate surface area is 174 Å². The minimum Gasteiger partial charge on any atom is -0.368 e. The van der Waals surface area contributed by atoms with Crippen molar-refractivity contribution in [2.24, 2.45) is 0 Å². The van der Waals surface area contributed by atoms with Gasteiger partial charge in [-0.1, -0.05) is 6.07 Å². The van der Waals surface area contributed by atoms with Crippen LogP contribution in [0.1, 0.15) is 26.5 Å². The maximum Gasteiger partial charge on any atom is 0.416 e. The first kappa shape index (κ1) is 20.4. The smallest absolute Gasteiger partial charge is 0.368 e. The van der Waals surface area contributed by atoms with Gasteiger partial charge in [0.1, 0.15) is 5.56 Å². The molecule has 3 aromatic rings. The van der Waals surface area contributed by atoms with Gasteiger partial charge in [-0.3, -0.25) is 14.0 Å². The molecule has 3 heterocycles. The molecule has 158 valence electrons. The second-order valence-electron chi connectivity index (χ2n) is 7.17. The lowest BCUT2D eigenvalue weighted by atomic mass is 10.1. The summed E-state index contributed by atoms with van der Waals surface area (Å²) in [4.78, 5) is 34.9. The summed E-state index contributed by atoms with van der Waals surface area (Å²) in [7, 11) is 0. The van der Waals surface area contributed by atoms with Crippen LogP contribution in [0.25, 0.3) is 4.96 Å². The summed E-state index contributed by atoms with van der Waals surface area (Å²) in [6.07, 6.45) is -3.09. The molecule has 1 aromatic carbocycles. The Morgan fingerprint density at radius 2 is 1.83 bits per heavy atom. The number of benzene rings is 1. The molecule has 1 amide bonds. The normalized spacial score (nSPS) is 15.1. The fraction of sp³-hybridized carbons (Fsp3) is 0.350. The number of rotatable bonds is 2. The van der Waals surface area contributed by atoms with E-state index in [2.05, 4.69) is 4.98 Å². The molecule has 0 unspecified atom stereocenters. The van der Waals surface area contributed by atoms with Crippen LogP contribution >= 0.6 is 11.3 Å². The summed E-state index contributed by atoms with van der Waals surface area (Å²) >= 11 is 1.39. The van der Waals surface area contributed by atoms with E-state index in [1.165, 1.54) is 28.0 Å². The number of hydrogen-bond donors (Lipinski definition) is 0. The molecular weight excluding hydrogens is 417 g/mol. The fourth-order valence-electron chi connectivity index (χ4n) is 3.54. The van der Waals surface area contributed by atoms with E-state index in [4.69, 9.17) is 0 Å². The Balaban J connectivity index is 1.52. The van der Waals surface area contributed by atoms with Gasteiger partial charge in [0.05, 0.1) is 5.56 Å². The first-order valence-electron chi connectivity index (χ1n) is 9.36. The Morgan fingerprint density at radius 1 is 1.13 bits per heavy atom. The largest absolute Gasteiger partial charge is 0.416 e. The van der Waals surface area contributed by atoms with Gasteiger partial charge in [-0.15, -0.1) is 11.3 Å². The van der Waals surface area contributed by atoms with Crippen molar-refractivity contribution in [1.29, 1.82) is 0 Å². The van der Waals surface area contributed by atoms with Crippen LogP contribution < -0.4 is 10.5 Å².